The zero-order valence-corrected chi connectivity index (χ0v) is 13.0. The molecular formula is C14H21ClN2S. The molecule has 0 aromatic heterocycles. The highest BCUT2D eigenvalue weighted by atomic mass is 35.5. The van der Waals surface area contributed by atoms with Gasteiger partial charge in [-0.2, -0.15) is 0 Å². The minimum absolute atomic E-state index is 0.412. The average Bonchev–Trinajstić information content (AvgIpc) is 2.30. The Morgan fingerprint density at radius 1 is 1.28 bits per heavy atom. The molecule has 0 saturated carbocycles. The molecular weight excluding hydrogens is 264 g/mol. The third-order valence-corrected chi connectivity index (χ3v) is 3.51. The van der Waals surface area contributed by atoms with Gasteiger partial charge in [-0.3, -0.25) is 0 Å². The first-order chi connectivity index (χ1) is 8.47. The molecule has 0 amide bonds. The van der Waals surface area contributed by atoms with Crippen molar-refractivity contribution >= 4 is 34.6 Å². The Labute approximate surface area is 120 Å². The summed E-state index contributed by atoms with van der Waals surface area (Å²) in [6, 6.07) is 4.44. The first-order valence-corrected chi connectivity index (χ1v) is 7.10. The van der Waals surface area contributed by atoms with Gasteiger partial charge in [-0.05, 0) is 56.1 Å². The molecule has 4 heteroatoms. The molecule has 0 aliphatic rings. The van der Waals surface area contributed by atoms with Crippen LogP contribution in [0.25, 0.3) is 0 Å². The van der Waals surface area contributed by atoms with Gasteiger partial charge < -0.3 is 10.6 Å². The van der Waals surface area contributed by atoms with Crippen LogP contribution in [0.2, 0.25) is 5.02 Å². The number of thiocarbonyl (C=S) groups is 1. The second-order valence-corrected chi connectivity index (χ2v) is 5.37. The number of aryl methyl sites for hydroxylation is 2. The summed E-state index contributed by atoms with van der Waals surface area (Å²) in [6.07, 6.45) is 2.11. The molecule has 18 heavy (non-hydrogen) atoms. The summed E-state index contributed by atoms with van der Waals surface area (Å²) in [5, 5.41) is 7.83. The molecule has 0 saturated heterocycles. The summed E-state index contributed by atoms with van der Waals surface area (Å²) in [6.45, 7) is 8.35. The molecule has 100 valence electrons. The summed E-state index contributed by atoms with van der Waals surface area (Å²) < 4.78 is 0. The highest BCUT2D eigenvalue weighted by Gasteiger charge is 2.09. The van der Waals surface area contributed by atoms with Crippen LogP contribution in [0.1, 0.15) is 37.8 Å². The molecule has 0 atom stereocenters. The Morgan fingerprint density at radius 2 is 1.89 bits per heavy atom. The van der Waals surface area contributed by atoms with E-state index in [1.165, 1.54) is 0 Å². The largest absolute Gasteiger partial charge is 0.360 e. The van der Waals surface area contributed by atoms with Crippen LogP contribution in [-0.4, -0.2) is 11.2 Å². The van der Waals surface area contributed by atoms with Gasteiger partial charge in [0.25, 0.3) is 0 Å². The maximum Gasteiger partial charge on any atom is 0.171 e. The van der Waals surface area contributed by atoms with Crippen molar-refractivity contribution in [3.63, 3.8) is 0 Å². The number of hydrogen-bond acceptors (Lipinski definition) is 1. The maximum absolute atomic E-state index is 6.23. The van der Waals surface area contributed by atoms with Crippen LogP contribution in [0.15, 0.2) is 12.1 Å². The van der Waals surface area contributed by atoms with E-state index in [4.69, 9.17) is 23.8 Å². The van der Waals surface area contributed by atoms with Crippen LogP contribution < -0.4 is 10.6 Å². The molecule has 2 N–H and O–H groups in total. The molecule has 0 unspecified atom stereocenters. The van der Waals surface area contributed by atoms with Crippen LogP contribution >= 0.6 is 23.8 Å². The summed E-state index contributed by atoms with van der Waals surface area (Å²) >= 11 is 11.5. The lowest BCUT2D eigenvalue weighted by molar-refractivity contribution is 0.573. The Bertz CT molecular complexity index is 405. The normalized spacial score (nSPS) is 10.6. The molecule has 1 aromatic carbocycles. The van der Waals surface area contributed by atoms with Gasteiger partial charge in [0.15, 0.2) is 5.11 Å². The van der Waals surface area contributed by atoms with Crippen molar-refractivity contribution < 1.29 is 0 Å². The Hall–Kier alpha value is -0.800. The Kier molecular flexibility index (Phi) is 5.89. The van der Waals surface area contributed by atoms with Gasteiger partial charge in [0.2, 0.25) is 0 Å². The summed E-state index contributed by atoms with van der Waals surface area (Å²) in [7, 11) is 0. The van der Waals surface area contributed by atoms with Crippen molar-refractivity contribution in [1.29, 1.82) is 0 Å². The van der Waals surface area contributed by atoms with E-state index in [0.717, 1.165) is 29.7 Å². The molecule has 0 radical (unpaired) electrons. The lowest BCUT2D eigenvalue weighted by Crippen LogP contribution is -2.37. The summed E-state index contributed by atoms with van der Waals surface area (Å²) in [5.41, 5.74) is 3.15. The van der Waals surface area contributed by atoms with Gasteiger partial charge in [-0.25, -0.2) is 0 Å². The quantitative estimate of drug-likeness (QED) is 0.800. The highest BCUT2D eigenvalue weighted by Crippen LogP contribution is 2.27. The first-order valence-electron chi connectivity index (χ1n) is 6.32. The van der Waals surface area contributed by atoms with Gasteiger partial charge in [0.1, 0.15) is 0 Å². The van der Waals surface area contributed by atoms with Crippen molar-refractivity contribution in [3.05, 3.63) is 28.3 Å². The number of rotatable bonds is 4. The van der Waals surface area contributed by atoms with Crippen LogP contribution in [0.4, 0.5) is 5.69 Å². The van der Waals surface area contributed by atoms with E-state index >= 15 is 0 Å². The van der Waals surface area contributed by atoms with Crippen LogP contribution in [0.3, 0.4) is 0 Å². The molecule has 1 rings (SSSR count). The first kappa shape index (κ1) is 15.3. The number of anilines is 1. The van der Waals surface area contributed by atoms with Crippen molar-refractivity contribution in [2.24, 2.45) is 0 Å². The van der Waals surface area contributed by atoms with E-state index in [0.29, 0.717) is 16.2 Å². The standard InChI is InChI=1S/C14H21ClN2S/c1-5-11(6-2)16-14(18)17-13-10(4)7-9(3)8-12(13)15/h7-8,11H,5-6H2,1-4H3,(H2,16,17,18). The van der Waals surface area contributed by atoms with Gasteiger partial charge in [0.05, 0.1) is 10.7 Å². The maximum atomic E-state index is 6.23. The van der Waals surface area contributed by atoms with Gasteiger partial charge >= 0.3 is 0 Å². The summed E-state index contributed by atoms with van der Waals surface area (Å²) in [5.74, 6) is 0. The van der Waals surface area contributed by atoms with E-state index in [1.807, 2.05) is 19.9 Å². The van der Waals surface area contributed by atoms with Crippen molar-refractivity contribution in [1.82, 2.24) is 5.32 Å². The zero-order chi connectivity index (χ0) is 13.7. The molecule has 0 spiro atoms. The minimum atomic E-state index is 0.412. The fourth-order valence-electron chi connectivity index (χ4n) is 1.90. The summed E-state index contributed by atoms with van der Waals surface area (Å²) in [4.78, 5) is 0. The van der Waals surface area contributed by atoms with E-state index in [1.54, 1.807) is 0 Å². The van der Waals surface area contributed by atoms with E-state index in [-0.39, 0.29) is 0 Å². The monoisotopic (exact) mass is 284 g/mol. The second kappa shape index (κ2) is 6.95. The van der Waals surface area contributed by atoms with Gasteiger partial charge in [-0.15, -0.1) is 0 Å². The molecule has 0 fully saturated rings. The lowest BCUT2D eigenvalue weighted by Gasteiger charge is -2.19. The van der Waals surface area contributed by atoms with Gasteiger partial charge in [0, 0.05) is 6.04 Å². The van der Waals surface area contributed by atoms with Gasteiger partial charge in [-0.1, -0.05) is 31.5 Å². The SMILES string of the molecule is CCC(CC)NC(=S)Nc1c(C)cc(C)cc1Cl. The van der Waals surface area contributed by atoms with Crippen molar-refractivity contribution in [2.45, 2.75) is 46.6 Å². The molecule has 1 aromatic rings. The predicted octanol–water partition coefficient (Wildman–Crippen LogP) is 4.43. The fraction of sp³-hybridized carbons (Fsp3) is 0.500. The molecule has 0 aliphatic heterocycles. The third kappa shape index (κ3) is 4.14. The van der Waals surface area contributed by atoms with Crippen LogP contribution in [0.5, 0.6) is 0 Å². The third-order valence-electron chi connectivity index (χ3n) is 2.99. The van der Waals surface area contributed by atoms with Crippen molar-refractivity contribution in [3.8, 4) is 0 Å². The van der Waals surface area contributed by atoms with E-state index in [9.17, 15) is 0 Å². The Morgan fingerprint density at radius 3 is 2.39 bits per heavy atom. The zero-order valence-electron chi connectivity index (χ0n) is 11.4. The van der Waals surface area contributed by atoms with E-state index < -0.39 is 0 Å². The number of benzene rings is 1. The number of halogens is 1. The smallest absolute Gasteiger partial charge is 0.171 e. The van der Waals surface area contributed by atoms with Crippen LogP contribution in [-0.2, 0) is 0 Å². The fourth-order valence-corrected chi connectivity index (χ4v) is 2.54. The molecule has 0 heterocycles. The van der Waals surface area contributed by atoms with Crippen molar-refractivity contribution in [2.75, 3.05) is 5.32 Å². The van der Waals surface area contributed by atoms with E-state index in [2.05, 4.69) is 30.5 Å². The predicted molar refractivity (Wildman–Crippen MR) is 84.7 cm³/mol. The second-order valence-electron chi connectivity index (χ2n) is 4.55. The molecule has 0 bridgehead atoms. The topological polar surface area (TPSA) is 24.1 Å². The number of nitrogens with one attached hydrogen (secondary N) is 2. The lowest BCUT2D eigenvalue weighted by atomic mass is 10.1. The number of hydrogen-bond donors (Lipinski definition) is 2. The molecule has 2 nitrogen and oxygen atoms in total. The molecule has 0 aliphatic carbocycles. The highest BCUT2D eigenvalue weighted by molar-refractivity contribution is 7.80. The Balaban J connectivity index is 2.76. The van der Waals surface area contributed by atoms with Crippen LogP contribution in [0, 0.1) is 13.8 Å². The minimum Gasteiger partial charge on any atom is -0.360 e. The average molecular weight is 285 g/mol.